The second kappa shape index (κ2) is 9.07. The number of carbonyl (C=O) groups is 1. The molecule has 0 N–H and O–H groups in total. The lowest BCUT2D eigenvalue weighted by Gasteiger charge is -2.18. The number of thioether (sulfide) groups is 2. The number of hydrogen-bond acceptors (Lipinski definition) is 6. The quantitative estimate of drug-likeness (QED) is 0.318. The van der Waals surface area contributed by atoms with Crippen LogP contribution in [-0.2, 0) is 11.3 Å². The monoisotopic (exact) mass is 440 g/mol. The van der Waals surface area contributed by atoms with Crippen molar-refractivity contribution in [3.63, 3.8) is 0 Å². The van der Waals surface area contributed by atoms with Gasteiger partial charge in [0.25, 0.3) is 0 Å². The van der Waals surface area contributed by atoms with Gasteiger partial charge >= 0.3 is 0 Å². The van der Waals surface area contributed by atoms with Crippen molar-refractivity contribution in [3.8, 4) is 0 Å². The number of benzene rings is 2. The number of hydrogen-bond donors (Lipinski definition) is 0. The van der Waals surface area contributed by atoms with Crippen molar-refractivity contribution in [1.29, 1.82) is 0 Å². The molecule has 0 saturated heterocycles. The Morgan fingerprint density at radius 2 is 1.97 bits per heavy atom. The molecule has 29 heavy (non-hydrogen) atoms. The van der Waals surface area contributed by atoms with E-state index in [0.717, 1.165) is 25.8 Å². The minimum atomic E-state index is 0.0109. The first-order valence-electron chi connectivity index (χ1n) is 9.10. The fourth-order valence-electron chi connectivity index (χ4n) is 2.87. The van der Waals surface area contributed by atoms with E-state index in [-0.39, 0.29) is 5.91 Å². The third-order valence-corrected chi connectivity index (χ3v) is 7.21. The van der Waals surface area contributed by atoms with Crippen molar-refractivity contribution in [1.82, 2.24) is 4.98 Å². The first-order valence-corrected chi connectivity index (χ1v) is 12.1. The molecule has 7 heteroatoms. The van der Waals surface area contributed by atoms with Crippen molar-refractivity contribution in [2.75, 3.05) is 16.9 Å². The van der Waals surface area contributed by atoms with Gasteiger partial charge in [0.2, 0.25) is 5.91 Å². The van der Waals surface area contributed by atoms with E-state index in [1.165, 1.54) is 28.7 Å². The molecule has 0 atom stereocenters. The SMILES string of the molecule is CSc1cccc2sc(N(Cc3ccco3)C(=O)CSc3ccc(C)cc3)nc12. The third kappa shape index (κ3) is 4.69. The summed E-state index contributed by atoms with van der Waals surface area (Å²) < 4.78 is 6.58. The van der Waals surface area contributed by atoms with Crippen LogP contribution in [0.25, 0.3) is 10.2 Å². The fraction of sp³-hybridized carbons (Fsp3) is 0.182. The van der Waals surface area contributed by atoms with E-state index in [1.807, 2.05) is 42.7 Å². The number of fused-ring (bicyclic) bond motifs is 1. The minimum absolute atomic E-state index is 0.0109. The number of aryl methyl sites for hydroxylation is 1. The minimum Gasteiger partial charge on any atom is -0.467 e. The van der Waals surface area contributed by atoms with Gasteiger partial charge in [-0.3, -0.25) is 9.69 Å². The van der Waals surface area contributed by atoms with Crippen molar-refractivity contribution in [2.24, 2.45) is 0 Å². The Bertz CT molecular complexity index is 1110. The molecule has 4 aromatic rings. The number of carbonyl (C=O) groups excluding carboxylic acids is 1. The molecule has 2 aromatic heterocycles. The van der Waals surface area contributed by atoms with Gasteiger partial charge in [0.05, 0.1) is 28.8 Å². The molecule has 2 heterocycles. The van der Waals surface area contributed by atoms with Crippen LogP contribution in [0.2, 0.25) is 0 Å². The van der Waals surface area contributed by atoms with Crippen LogP contribution in [0.1, 0.15) is 11.3 Å². The molecular formula is C22H20N2O2S3. The summed E-state index contributed by atoms with van der Waals surface area (Å²) >= 11 is 4.74. The summed E-state index contributed by atoms with van der Waals surface area (Å²) in [7, 11) is 0. The molecule has 4 nitrogen and oxygen atoms in total. The molecular weight excluding hydrogens is 420 g/mol. The zero-order valence-electron chi connectivity index (χ0n) is 16.1. The Morgan fingerprint density at radius 3 is 2.69 bits per heavy atom. The number of rotatable bonds is 7. The maximum absolute atomic E-state index is 13.2. The van der Waals surface area contributed by atoms with Crippen molar-refractivity contribution in [2.45, 2.75) is 23.3 Å². The number of para-hydroxylation sites is 1. The molecule has 4 rings (SSSR count). The second-order valence-corrected chi connectivity index (χ2v) is 9.37. The van der Waals surface area contributed by atoms with Crippen LogP contribution in [-0.4, -0.2) is 22.9 Å². The Morgan fingerprint density at radius 1 is 1.14 bits per heavy atom. The predicted octanol–water partition coefficient (Wildman–Crippen LogP) is 6.25. The van der Waals surface area contributed by atoms with Gasteiger partial charge < -0.3 is 4.42 Å². The van der Waals surface area contributed by atoms with E-state index in [1.54, 1.807) is 22.9 Å². The molecule has 2 aromatic carbocycles. The van der Waals surface area contributed by atoms with E-state index >= 15 is 0 Å². The Balaban J connectivity index is 1.60. The number of aromatic nitrogens is 1. The average Bonchev–Trinajstić information content (AvgIpc) is 3.40. The third-order valence-electron chi connectivity index (χ3n) is 4.40. The molecule has 0 spiro atoms. The van der Waals surface area contributed by atoms with E-state index in [9.17, 15) is 4.79 Å². The fourth-order valence-corrected chi connectivity index (χ4v) is 5.28. The predicted molar refractivity (Wildman–Crippen MR) is 123 cm³/mol. The van der Waals surface area contributed by atoms with Crippen LogP contribution >= 0.6 is 34.9 Å². The maximum atomic E-state index is 13.2. The zero-order valence-corrected chi connectivity index (χ0v) is 18.6. The first kappa shape index (κ1) is 20.1. The summed E-state index contributed by atoms with van der Waals surface area (Å²) in [6.07, 6.45) is 3.67. The van der Waals surface area contributed by atoms with E-state index in [2.05, 4.69) is 25.1 Å². The maximum Gasteiger partial charge on any atom is 0.239 e. The normalized spacial score (nSPS) is 11.1. The number of thiazole rings is 1. The van der Waals surface area contributed by atoms with Gasteiger partial charge in [0.15, 0.2) is 5.13 Å². The summed E-state index contributed by atoms with van der Waals surface area (Å²) in [5, 5.41) is 0.701. The number of furan rings is 1. The van der Waals surface area contributed by atoms with Gasteiger partial charge in [-0.05, 0) is 49.6 Å². The van der Waals surface area contributed by atoms with Gasteiger partial charge in [-0.1, -0.05) is 35.1 Å². The zero-order chi connectivity index (χ0) is 20.2. The van der Waals surface area contributed by atoms with Crippen molar-refractivity contribution >= 4 is 56.1 Å². The van der Waals surface area contributed by atoms with Crippen molar-refractivity contribution in [3.05, 3.63) is 72.2 Å². The summed E-state index contributed by atoms with van der Waals surface area (Å²) in [5.41, 5.74) is 2.16. The van der Waals surface area contributed by atoms with Crippen LogP contribution in [0, 0.1) is 6.92 Å². The van der Waals surface area contributed by atoms with Gasteiger partial charge in [-0.25, -0.2) is 4.98 Å². The van der Waals surface area contributed by atoms with Crippen molar-refractivity contribution < 1.29 is 9.21 Å². The highest BCUT2D eigenvalue weighted by Crippen LogP contribution is 2.35. The molecule has 0 aliphatic carbocycles. The van der Waals surface area contributed by atoms with Gasteiger partial charge in [0, 0.05) is 9.79 Å². The molecule has 148 valence electrons. The van der Waals surface area contributed by atoms with Crippen LogP contribution in [0.5, 0.6) is 0 Å². The second-order valence-electron chi connectivity index (χ2n) is 6.46. The van der Waals surface area contributed by atoms with Gasteiger partial charge in [0.1, 0.15) is 5.76 Å². The highest BCUT2D eigenvalue weighted by Gasteiger charge is 2.22. The standard InChI is InChI=1S/C22H20N2O2S3/c1-15-8-10-17(11-9-15)28-14-20(25)24(13-16-5-4-12-26-16)22-23-21-18(27-2)6-3-7-19(21)29-22/h3-12H,13-14H2,1-2H3. The molecule has 0 fully saturated rings. The lowest BCUT2D eigenvalue weighted by atomic mass is 10.2. The van der Waals surface area contributed by atoms with Gasteiger partial charge in [-0.15, -0.1) is 23.5 Å². The van der Waals surface area contributed by atoms with Crippen LogP contribution < -0.4 is 4.90 Å². The highest BCUT2D eigenvalue weighted by molar-refractivity contribution is 8.00. The number of nitrogens with zero attached hydrogens (tertiary/aromatic N) is 2. The first-order chi connectivity index (χ1) is 14.1. The summed E-state index contributed by atoms with van der Waals surface area (Å²) in [6.45, 7) is 2.43. The summed E-state index contributed by atoms with van der Waals surface area (Å²) in [5.74, 6) is 1.09. The summed E-state index contributed by atoms with van der Waals surface area (Å²) in [6, 6.07) is 18.1. The highest BCUT2D eigenvalue weighted by atomic mass is 32.2. The molecule has 0 aliphatic heterocycles. The number of amides is 1. The van der Waals surface area contributed by atoms with E-state index < -0.39 is 0 Å². The smallest absolute Gasteiger partial charge is 0.239 e. The summed E-state index contributed by atoms with van der Waals surface area (Å²) in [4.78, 5) is 21.9. The molecule has 0 unspecified atom stereocenters. The molecule has 1 amide bonds. The largest absolute Gasteiger partial charge is 0.467 e. The Kier molecular flexibility index (Phi) is 6.28. The topological polar surface area (TPSA) is 46.3 Å². The van der Waals surface area contributed by atoms with E-state index in [0.29, 0.717) is 17.4 Å². The molecule has 0 saturated carbocycles. The van der Waals surface area contributed by atoms with Crippen LogP contribution in [0.15, 0.2) is 75.1 Å². The molecule has 0 radical (unpaired) electrons. The van der Waals surface area contributed by atoms with E-state index in [4.69, 9.17) is 9.40 Å². The molecule has 0 aliphatic rings. The molecule has 0 bridgehead atoms. The number of anilines is 1. The lowest BCUT2D eigenvalue weighted by molar-refractivity contribution is -0.116. The Labute approximate surface area is 182 Å². The lowest BCUT2D eigenvalue weighted by Crippen LogP contribution is -2.31. The van der Waals surface area contributed by atoms with Crippen LogP contribution in [0.4, 0.5) is 5.13 Å². The van der Waals surface area contributed by atoms with Gasteiger partial charge in [-0.2, -0.15) is 0 Å². The Hall–Kier alpha value is -2.22. The van der Waals surface area contributed by atoms with Crippen LogP contribution in [0.3, 0.4) is 0 Å². The average molecular weight is 441 g/mol.